The maximum atomic E-state index is 4.70. The Labute approximate surface area is 120 Å². The van der Waals surface area contributed by atoms with Crippen LogP contribution >= 0.6 is 15.9 Å². The van der Waals surface area contributed by atoms with E-state index in [9.17, 15) is 0 Å². The van der Waals surface area contributed by atoms with Gasteiger partial charge in [0.25, 0.3) is 0 Å². The fourth-order valence-corrected chi connectivity index (χ4v) is 3.52. The fourth-order valence-electron chi connectivity index (χ4n) is 2.78. The molecule has 1 aromatic rings. The van der Waals surface area contributed by atoms with E-state index in [0.29, 0.717) is 5.41 Å². The summed E-state index contributed by atoms with van der Waals surface area (Å²) in [6.45, 7) is 12.1. The topological polar surface area (TPSA) is 17.8 Å². The van der Waals surface area contributed by atoms with Crippen LogP contribution in [-0.2, 0) is 6.54 Å². The highest BCUT2D eigenvalue weighted by molar-refractivity contribution is 9.09. The zero-order valence-corrected chi connectivity index (χ0v) is 14.1. The minimum atomic E-state index is 0.360. The lowest BCUT2D eigenvalue weighted by atomic mass is 9.81. The third-order valence-corrected chi connectivity index (χ3v) is 5.26. The molecule has 18 heavy (non-hydrogen) atoms. The Morgan fingerprint density at radius 3 is 2.00 bits per heavy atom. The van der Waals surface area contributed by atoms with Crippen molar-refractivity contribution in [3.8, 4) is 0 Å². The van der Waals surface area contributed by atoms with Crippen molar-refractivity contribution in [1.29, 1.82) is 0 Å². The van der Waals surface area contributed by atoms with Crippen LogP contribution in [-0.4, -0.2) is 15.1 Å². The highest BCUT2D eigenvalue weighted by Crippen LogP contribution is 2.34. The molecule has 0 N–H and O–H groups in total. The number of nitrogens with zero attached hydrogens (tertiary/aromatic N) is 2. The molecule has 0 atom stereocenters. The Hall–Kier alpha value is -0.310. The third kappa shape index (κ3) is 3.37. The lowest BCUT2D eigenvalue weighted by Crippen LogP contribution is -2.29. The molecule has 1 aromatic heterocycles. The molecule has 0 amide bonds. The molecule has 1 rings (SSSR count). The number of alkyl halides is 1. The summed E-state index contributed by atoms with van der Waals surface area (Å²) in [6.07, 6.45) is 5.01. The molecule has 2 nitrogen and oxygen atoms in total. The minimum Gasteiger partial charge on any atom is -0.269 e. The molecule has 1 heterocycles. The van der Waals surface area contributed by atoms with Gasteiger partial charge in [0.2, 0.25) is 0 Å². The van der Waals surface area contributed by atoms with Crippen LogP contribution in [0.3, 0.4) is 0 Å². The zero-order valence-electron chi connectivity index (χ0n) is 12.5. The van der Waals surface area contributed by atoms with Gasteiger partial charge in [0.05, 0.1) is 5.69 Å². The van der Waals surface area contributed by atoms with Crippen molar-refractivity contribution in [2.75, 3.05) is 5.33 Å². The molecule has 0 bridgehead atoms. The summed E-state index contributed by atoms with van der Waals surface area (Å²) < 4.78 is 2.22. The minimum absolute atomic E-state index is 0.360. The lowest BCUT2D eigenvalue weighted by molar-refractivity contribution is 0.221. The maximum Gasteiger partial charge on any atom is 0.0625 e. The van der Waals surface area contributed by atoms with Gasteiger partial charge in [0.15, 0.2) is 0 Å². The van der Waals surface area contributed by atoms with Gasteiger partial charge in [-0.2, -0.15) is 5.10 Å². The Kier molecular flexibility index (Phi) is 5.90. The zero-order chi connectivity index (χ0) is 13.8. The molecule has 0 radical (unpaired) electrons. The molecule has 0 unspecified atom stereocenters. The van der Waals surface area contributed by atoms with Crippen LogP contribution in [0.5, 0.6) is 0 Å². The summed E-state index contributed by atoms with van der Waals surface area (Å²) in [5, 5.41) is 5.77. The van der Waals surface area contributed by atoms with E-state index in [-0.39, 0.29) is 0 Å². The highest BCUT2D eigenvalue weighted by Gasteiger charge is 2.29. The molecule has 0 spiro atoms. The van der Waals surface area contributed by atoms with E-state index >= 15 is 0 Å². The number of halogens is 1. The second-order valence-corrected chi connectivity index (χ2v) is 6.15. The highest BCUT2D eigenvalue weighted by atomic mass is 79.9. The van der Waals surface area contributed by atoms with Crippen LogP contribution in [0, 0.1) is 26.2 Å². The molecular formula is C15H27BrN2. The molecule has 104 valence electrons. The first-order valence-electron chi connectivity index (χ1n) is 7.06. The standard InChI is InChI=1S/C15H27BrN2/c1-6-8-15(10-16,9-7-2)11-18-14(5)12(3)13(4)17-18/h6-11H2,1-5H3. The van der Waals surface area contributed by atoms with Crippen LogP contribution in [0.4, 0.5) is 0 Å². The Bertz CT molecular complexity index is 376. The number of hydrogen-bond donors (Lipinski definition) is 0. The molecule has 0 aromatic carbocycles. The van der Waals surface area contributed by atoms with Gasteiger partial charge < -0.3 is 0 Å². The van der Waals surface area contributed by atoms with Crippen molar-refractivity contribution in [3.63, 3.8) is 0 Å². The summed E-state index contributed by atoms with van der Waals surface area (Å²) in [6, 6.07) is 0. The SMILES string of the molecule is CCCC(CBr)(CCC)Cn1nc(C)c(C)c1C. The summed E-state index contributed by atoms with van der Waals surface area (Å²) in [4.78, 5) is 0. The van der Waals surface area contributed by atoms with E-state index in [2.05, 4.69) is 55.2 Å². The number of hydrogen-bond acceptors (Lipinski definition) is 1. The van der Waals surface area contributed by atoms with Gasteiger partial charge in [-0.25, -0.2) is 0 Å². The molecule has 3 heteroatoms. The van der Waals surface area contributed by atoms with E-state index in [1.165, 1.54) is 42.6 Å². The van der Waals surface area contributed by atoms with E-state index < -0.39 is 0 Å². The number of rotatable bonds is 7. The number of aryl methyl sites for hydroxylation is 1. The van der Waals surface area contributed by atoms with Gasteiger partial charge in [-0.1, -0.05) is 42.6 Å². The fraction of sp³-hybridized carbons (Fsp3) is 0.800. The van der Waals surface area contributed by atoms with Gasteiger partial charge in [-0.05, 0) is 44.6 Å². The summed E-state index contributed by atoms with van der Waals surface area (Å²) in [7, 11) is 0. The van der Waals surface area contributed by atoms with Crippen molar-refractivity contribution in [2.24, 2.45) is 5.41 Å². The Balaban J connectivity index is 2.98. The molecule has 0 fully saturated rings. The second-order valence-electron chi connectivity index (χ2n) is 5.59. The van der Waals surface area contributed by atoms with Gasteiger partial charge in [0, 0.05) is 17.6 Å². The van der Waals surface area contributed by atoms with Gasteiger partial charge in [0.1, 0.15) is 0 Å². The Morgan fingerprint density at radius 1 is 1.11 bits per heavy atom. The average molecular weight is 315 g/mol. The van der Waals surface area contributed by atoms with E-state index in [1.807, 2.05) is 0 Å². The van der Waals surface area contributed by atoms with Gasteiger partial charge >= 0.3 is 0 Å². The Morgan fingerprint density at radius 2 is 1.67 bits per heavy atom. The second kappa shape index (κ2) is 6.74. The molecule has 0 aliphatic carbocycles. The first-order valence-corrected chi connectivity index (χ1v) is 8.18. The molecular weight excluding hydrogens is 288 g/mol. The molecule has 0 saturated carbocycles. The van der Waals surface area contributed by atoms with Gasteiger partial charge in [-0.15, -0.1) is 0 Å². The van der Waals surface area contributed by atoms with Crippen molar-refractivity contribution in [1.82, 2.24) is 9.78 Å². The van der Waals surface area contributed by atoms with E-state index in [1.54, 1.807) is 0 Å². The largest absolute Gasteiger partial charge is 0.269 e. The third-order valence-electron chi connectivity index (χ3n) is 4.07. The average Bonchev–Trinajstić information content (AvgIpc) is 2.57. The number of aromatic nitrogens is 2. The smallest absolute Gasteiger partial charge is 0.0625 e. The lowest BCUT2D eigenvalue weighted by Gasteiger charge is -2.32. The normalized spacial score (nSPS) is 12.1. The summed E-state index contributed by atoms with van der Waals surface area (Å²) >= 11 is 3.74. The van der Waals surface area contributed by atoms with Crippen LogP contribution < -0.4 is 0 Å². The van der Waals surface area contributed by atoms with Crippen molar-refractivity contribution in [3.05, 3.63) is 17.0 Å². The van der Waals surface area contributed by atoms with Gasteiger partial charge in [-0.3, -0.25) is 4.68 Å². The molecule has 0 aliphatic heterocycles. The molecule has 0 saturated heterocycles. The van der Waals surface area contributed by atoms with Crippen molar-refractivity contribution >= 4 is 15.9 Å². The van der Waals surface area contributed by atoms with Crippen molar-refractivity contribution in [2.45, 2.75) is 66.8 Å². The first-order chi connectivity index (χ1) is 8.49. The van der Waals surface area contributed by atoms with E-state index in [4.69, 9.17) is 5.10 Å². The summed E-state index contributed by atoms with van der Waals surface area (Å²) in [5.41, 5.74) is 4.19. The van der Waals surface area contributed by atoms with Crippen LogP contribution in [0.15, 0.2) is 0 Å². The van der Waals surface area contributed by atoms with Crippen LogP contribution in [0.25, 0.3) is 0 Å². The van der Waals surface area contributed by atoms with Crippen LogP contribution in [0.1, 0.15) is 56.5 Å². The summed E-state index contributed by atoms with van der Waals surface area (Å²) in [5.74, 6) is 0. The predicted molar refractivity (Wildman–Crippen MR) is 82.5 cm³/mol. The first kappa shape index (κ1) is 15.7. The van der Waals surface area contributed by atoms with Crippen molar-refractivity contribution < 1.29 is 0 Å². The maximum absolute atomic E-state index is 4.70. The monoisotopic (exact) mass is 314 g/mol. The van der Waals surface area contributed by atoms with Crippen LogP contribution in [0.2, 0.25) is 0 Å². The predicted octanol–water partition coefficient (Wildman–Crippen LogP) is 4.79. The molecule has 0 aliphatic rings. The van der Waals surface area contributed by atoms with E-state index in [0.717, 1.165) is 11.9 Å². The quantitative estimate of drug-likeness (QED) is 0.662.